The van der Waals surface area contributed by atoms with Gasteiger partial charge in [-0.3, -0.25) is 9.78 Å². The van der Waals surface area contributed by atoms with Crippen molar-refractivity contribution in [2.24, 2.45) is 0 Å². The quantitative estimate of drug-likeness (QED) is 0.671. The van der Waals surface area contributed by atoms with E-state index in [-0.39, 0.29) is 0 Å². The Morgan fingerprint density at radius 3 is 2.64 bits per heavy atom. The maximum atomic E-state index is 10.4. The van der Waals surface area contributed by atoms with Gasteiger partial charge in [0.25, 0.3) is 0 Å². The Morgan fingerprint density at radius 1 is 1.45 bits per heavy atom. The molecule has 0 aliphatic rings. The maximum Gasteiger partial charge on any atom is 0.168 e. The van der Waals surface area contributed by atoms with Crippen LogP contribution in [-0.2, 0) is 0 Å². The van der Waals surface area contributed by atoms with Crippen LogP contribution in [0.4, 0.5) is 0 Å². The van der Waals surface area contributed by atoms with Gasteiger partial charge in [0, 0.05) is 10.7 Å². The Balaban J connectivity index is 3.36. The molecule has 11 heavy (non-hydrogen) atoms. The van der Waals surface area contributed by atoms with Gasteiger partial charge in [-0.25, -0.2) is 0 Å². The van der Waals surface area contributed by atoms with Gasteiger partial charge < -0.3 is 0 Å². The second-order valence-corrected chi connectivity index (χ2v) is 3.21. The first kappa shape index (κ1) is 8.40. The highest BCUT2D eigenvalue weighted by Gasteiger charge is 2.03. The van der Waals surface area contributed by atoms with Crippen LogP contribution in [0.5, 0.6) is 0 Å². The summed E-state index contributed by atoms with van der Waals surface area (Å²) in [4.78, 5) is 14.4. The SMILES string of the molecule is Cc1c(Br)cnc(C=O)c1C. The molecular formula is C8H8BrNO. The van der Waals surface area contributed by atoms with Crippen molar-refractivity contribution in [3.63, 3.8) is 0 Å². The summed E-state index contributed by atoms with van der Waals surface area (Å²) < 4.78 is 0.945. The van der Waals surface area contributed by atoms with Crippen molar-refractivity contribution in [1.29, 1.82) is 0 Å². The molecule has 0 aliphatic heterocycles. The summed E-state index contributed by atoms with van der Waals surface area (Å²) in [5.74, 6) is 0. The molecule has 0 atom stereocenters. The van der Waals surface area contributed by atoms with Crippen molar-refractivity contribution in [2.45, 2.75) is 13.8 Å². The third-order valence-corrected chi connectivity index (χ3v) is 2.53. The molecule has 58 valence electrons. The molecule has 0 fully saturated rings. The minimum atomic E-state index is 0.519. The number of carbonyl (C=O) groups excluding carboxylic acids is 1. The summed E-state index contributed by atoms with van der Waals surface area (Å²) in [5, 5.41) is 0. The van der Waals surface area contributed by atoms with E-state index in [9.17, 15) is 4.79 Å². The van der Waals surface area contributed by atoms with E-state index >= 15 is 0 Å². The molecule has 2 nitrogen and oxygen atoms in total. The third-order valence-electron chi connectivity index (χ3n) is 1.73. The van der Waals surface area contributed by atoms with Crippen LogP contribution < -0.4 is 0 Å². The average molecular weight is 214 g/mol. The fraction of sp³-hybridized carbons (Fsp3) is 0.250. The van der Waals surface area contributed by atoms with Gasteiger partial charge in [0.15, 0.2) is 6.29 Å². The van der Waals surface area contributed by atoms with Gasteiger partial charge in [0.1, 0.15) is 5.69 Å². The smallest absolute Gasteiger partial charge is 0.168 e. The molecule has 0 saturated heterocycles. The van der Waals surface area contributed by atoms with Gasteiger partial charge in [-0.15, -0.1) is 0 Å². The summed E-state index contributed by atoms with van der Waals surface area (Å²) in [6.07, 6.45) is 2.42. The lowest BCUT2D eigenvalue weighted by Gasteiger charge is -2.03. The number of hydrogen-bond donors (Lipinski definition) is 0. The van der Waals surface area contributed by atoms with Crippen LogP contribution in [0.3, 0.4) is 0 Å². The minimum Gasteiger partial charge on any atom is -0.296 e. The number of nitrogens with zero attached hydrogens (tertiary/aromatic N) is 1. The molecule has 0 bridgehead atoms. The summed E-state index contributed by atoms with van der Waals surface area (Å²) in [5.41, 5.74) is 2.53. The van der Waals surface area contributed by atoms with E-state index in [1.54, 1.807) is 6.20 Å². The molecule has 0 saturated carbocycles. The Labute approximate surface area is 73.8 Å². The van der Waals surface area contributed by atoms with E-state index in [0.717, 1.165) is 21.9 Å². The Hall–Kier alpha value is -0.700. The number of aldehydes is 1. The van der Waals surface area contributed by atoms with E-state index in [0.29, 0.717) is 5.69 Å². The molecule has 0 amide bonds. The summed E-state index contributed by atoms with van der Waals surface area (Å²) >= 11 is 3.33. The van der Waals surface area contributed by atoms with Crippen LogP contribution >= 0.6 is 15.9 Å². The van der Waals surface area contributed by atoms with Crippen molar-refractivity contribution >= 4 is 22.2 Å². The van der Waals surface area contributed by atoms with Gasteiger partial charge >= 0.3 is 0 Å². The van der Waals surface area contributed by atoms with E-state index in [2.05, 4.69) is 20.9 Å². The van der Waals surface area contributed by atoms with Crippen LogP contribution in [-0.4, -0.2) is 11.3 Å². The first-order chi connectivity index (χ1) is 5.16. The first-order valence-electron chi connectivity index (χ1n) is 3.23. The Bertz CT molecular complexity index is 296. The number of rotatable bonds is 1. The van der Waals surface area contributed by atoms with Crippen molar-refractivity contribution in [3.05, 3.63) is 27.5 Å². The van der Waals surface area contributed by atoms with E-state index in [4.69, 9.17) is 0 Å². The molecule has 1 heterocycles. The zero-order valence-corrected chi connectivity index (χ0v) is 7.97. The number of pyridine rings is 1. The third kappa shape index (κ3) is 1.48. The largest absolute Gasteiger partial charge is 0.296 e. The Morgan fingerprint density at radius 2 is 2.09 bits per heavy atom. The maximum absolute atomic E-state index is 10.4. The molecule has 3 heteroatoms. The first-order valence-corrected chi connectivity index (χ1v) is 4.03. The average Bonchev–Trinajstić information content (AvgIpc) is 2.01. The Kier molecular flexibility index (Phi) is 2.39. The predicted molar refractivity (Wildman–Crippen MR) is 46.8 cm³/mol. The van der Waals surface area contributed by atoms with E-state index in [1.165, 1.54) is 0 Å². The zero-order chi connectivity index (χ0) is 8.43. The highest BCUT2D eigenvalue weighted by Crippen LogP contribution is 2.18. The summed E-state index contributed by atoms with van der Waals surface area (Å²) in [6, 6.07) is 0. The fourth-order valence-corrected chi connectivity index (χ4v) is 1.21. The molecular weight excluding hydrogens is 206 g/mol. The standard InChI is InChI=1S/C8H8BrNO/c1-5-6(2)8(4-11)10-3-7(5)9/h3-4H,1-2H3. The highest BCUT2D eigenvalue weighted by molar-refractivity contribution is 9.10. The van der Waals surface area contributed by atoms with Crippen molar-refractivity contribution in [1.82, 2.24) is 4.98 Å². The lowest BCUT2D eigenvalue weighted by atomic mass is 10.1. The van der Waals surface area contributed by atoms with Crippen molar-refractivity contribution in [2.75, 3.05) is 0 Å². The van der Waals surface area contributed by atoms with Crippen molar-refractivity contribution < 1.29 is 4.79 Å². The van der Waals surface area contributed by atoms with Gasteiger partial charge in [-0.05, 0) is 40.9 Å². The second kappa shape index (κ2) is 3.13. The number of aromatic nitrogens is 1. The molecule has 0 aliphatic carbocycles. The summed E-state index contributed by atoms with van der Waals surface area (Å²) in [7, 11) is 0. The van der Waals surface area contributed by atoms with Crippen LogP contribution in [0, 0.1) is 13.8 Å². The predicted octanol–water partition coefficient (Wildman–Crippen LogP) is 2.27. The molecule has 1 aromatic rings. The minimum absolute atomic E-state index is 0.519. The lowest BCUT2D eigenvalue weighted by Crippen LogP contribution is -1.94. The zero-order valence-electron chi connectivity index (χ0n) is 6.39. The topological polar surface area (TPSA) is 30.0 Å². The van der Waals surface area contributed by atoms with Crippen LogP contribution in [0.25, 0.3) is 0 Å². The van der Waals surface area contributed by atoms with Crippen LogP contribution in [0.2, 0.25) is 0 Å². The number of carbonyl (C=O) groups is 1. The van der Waals surface area contributed by atoms with Gasteiger partial charge in [-0.2, -0.15) is 0 Å². The van der Waals surface area contributed by atoms with E-state index < -0.39 is 0 Å². The van der Waals surface area contributed by atoms with Crippen LogP contribution in [0.1, 0.15) is 21.6 Å². The lowest BCUT2D eigenvalue weighted by molar-refractivity contribution is 0.111. The van der Waals surface area contributed by atoms with Crippen molar-refractivity contribution in [3.8, 4) is 0 Å². The van der Waals surface area contributed by atoms with E-state index in [1.807, 2.05) is 13.8 Å². The number of hydrogen-bond acceptors (Lipinski definition) is 2. The van der Waals surface area contributed by atoms with Crippen LogP contribution in [0.15, 0.2) is 10.7 Å². The second-order valence-electron chi connectivity index (χ2n) is 2.36. The molecule has 0 N–H and O–H groups in total. The van der Waals surface area contributed by atoms with Gasteiger partial charge in [-0.1, -0.05) is 0 Å². The fourth-order valence-electron chi connectivity index (χ4n) is 0.810. The summed E-state index contributed by atoms with van der Waals surface area (Å²) in [6.45, 7) is 3.84. The molecule has 0 unspecified atom stereocenters. The molecule has 1 rings (SSSR count). The van der Waals surface area contributed by atoms with Gasteiger partial charge in [0.05, 0.1) is 0 Å². The molecule has 0 spiro atoms. The normalized spacial score (nSPS) is 9.73. The molecule has 0 aromatic carbocycles. The van der Waals surface area contributed by atoms with Gasteiger partial charge in [0.2, 0.25) is 0 Å². The molecule has 1 aromatic heterocycles. The highest BCUT2D eigenvalue weighted by atomic mass is 79.9. The number of halogens is 1. The monoisotopic (exact) mass is 213 g/mol. The molecule has 0 radical (unpaired) electrons.